The Balaban J connectivity index is 2.11. The topological polar surface area (TPSA) is 84.9 Å². The summed E-state index contributed by atoms with van der Waals surface area (Å²) < 4.78 is 36.3. The largest absolute Gasteiger partial charge is 0.494 e. The SMILES string of the molecule is C=CCOc1ccc(NC(=O)CN(c2cccc(OCC)c2)S(C)(=O)=O)cc1. The Morgan fingerprint density at radius 2 is 1.86 bits per heavy atom. The number of anilines is 2. The standard InChI is InChI=1S/C20H24N2O5S/c1-4-13-27-18-11-9-16(10-12-18)21-20(23)15-22(28(3,24)25)17-7-6-8-19(14-17)26-5-2/h4,6-12,14H,1,5,13,15H2,2-3H3,(H,21,23). The molecule has 0 aliphatic carbocycles. The minimum Gasteiger partial charge on any atom is -0.494 e. The Bertz CT molecular complexity index is 910. The molecular formula is C20H24N2O5S. The van der Waals surface area contributed by atoms with Crippen molar-refractivity contribution < 1.29 is 22.7 Å². The summed E-state index contributed by atoms with van der Waals surface area (Å²) in [4.78, 5) is 12.4. The lowest BCUT2D eigenvalue weighted by atomic mass is 10.3. The quantitative estimate of drug-likeness (QED) is 0.615. The molecule has 0 radical (unpaired) electrons. The lowest BCUT2D eigenvalue weighted by Gasteiger charge is -2.22. The molecule has 2 rings (SSSR count). The summed E-state index contributed by atoms with van der Waals surface area (Å²) >= 11 is 0. The first-order chi connectivity index (χ1) is 13.3. The predicted octanol–water partition coefficient (Wildman–Crippen LogP) is 3.05. The third kappa shape index (κ3) is 6.31. The van der Waals surface area contributed by atoms with E-state index in [0.29, 0.717) is 36.1 Å². The van der Waals surface area contributed by atoms with Gasteiger partial charge in [-0.1, -0.05) is 18.7 Å². The number of sulfonamides is 1. The second kappa shape index (κ2) is 9.80. The highest BCUT2D eigenvalue weighted by Gasteiger charge is 2.21. The fraction of sp³-hybridized carbons (Fsp3) is 0.250. The molecule has 0 bridgehead atoms. The molecule has 1 amide bonds. The summed E-state index contributed by atoms with van der Waals surface area (Å²) in [5, 5.41) is 2.69. The van der Waals surface area contributed by atoms with Crippen molar-refractivity contribution in [3.63, 3.8) is 0 Å². The predicted molar refractivity (Wildman–Crippen MR) is 111 cm³/mol. The highest BCUT2D eigenvalue weighted by atomic mass is 32.2. The smallest absolute Gasteiger partial charge is 0.245 e. The maximum Gasteiger partial charge on any atom is 0.245 e. The highest BCUT2D eigenvalue weighted by molar-refractivity contribution is 7.92. The lowest BCUT2D eigenvalue weighted by Crippen LogP contribution is -2.37. The van der Waals surface area contributed by atoms with Crippen LogP contribution in [0.15, 0.2) is 61.2 Å². The van der Waals surface area contributed by atoms with Gasteiger partial charge in [-0.3, -0.25) is 9.10 Å². The number of carbonyl (C=O) groups is 1. The van der Waals surface area contributed by atoms with E-state index in [1.807, 2.05) is 6.92 Å². The zero-order chi connectivity index (χ0) is 20.6. The van der Waals surface area contributed by atoms with Crippen LogP contribution >= 0.6 is 0 Å². The summed E-state index contributed by atoms with van der Waals surface area (Å²) in [6.45, 7) is 5.89. The number of carbonyl (C=O) groups excluding carboxylic acids is 1. The van der Waals surface area contributed by atoms with Crippen molar-refractivity contribution in [1.82, 2.24) is 0 Å². The molecule has 0 aromatic heterocycles. The first-order valence-electron chi connectivity index (χ1n) is 8.67. The number of hydrogen-bond donors (Lipinski definition) is 1. The summed E-state index contributed by atoms with van der Waals surface area (Å²) in [5.41, 5.74) is 0.893. The van der Waals surface area contributed by atoms with E-state index in [4.69, 9.17) is 9.47 Å². The first kappa shape index (κ1) is 21.3. The van der Waals surface area contributed by atoms with Crippen LogP contribution in [0.5, 0.6) is 11.5 Å². The van der Waals surface area contributed by atoms with Crippen LogP contribution in [0.4, 0.5) is 11.4 Å². The van der Waals surface area contributed by atoms with E-state index < -0.39 is 15.9 Å². The Hall–Kier alpha value is -3.00. The average molecular weight is 404 g/mol. The number of nitrogens with zero attached hydrogens (tertiary/aromatic N) is 1. The number of rotatable bonds is 10. The maximum absolute atomic E-state index is 12.4. The van der Waals surface area contributed by atoms with Crippen LogP contribution in [0.3, 0.4) is 0 Å². The second-order valence-corrected chi connectivity index (χ2v) is 7.78. The van der Waals surface area contributed by atoms with Crippen molar-refractivity contribution in [3.05, 3.63) is 61.2 Å². The molecule has 0 spiro atoms. The fourth-order valence-corrected chi connectivity index (χ4v) is 3.26. The molecular weight excluding hydrogens is 380 g/mol. The molecule has 2 aromatic carbocycles. The minimum atomic E-state index is -3.67. The van der Waals surface area contributed by atoms with Crippen molar-refractivity contribution in [2.75, 3.05) is 35.6 Å². The highest BCUT2D eigenvalue weighted by Crippen LogP contribution is 2.23. The molecule has 150 valence electrons. The summed E-state index contributed by atoms with van der Waals surface area (Å²) in [6.07, 6.45) is 2.69. The molecule has 2 aromatic rings. The molecule has 0 unspecified atom stereocenters. The van der Waals surface area contributed by atoms with E-state index in [-0.39, 0.29) is 6.54 Å². The van der Waals surface area contributed by atoms with Gasteiger partial charge < -0.3 is 14.8 Å². The monoisotopic (exact) mass is 404 g/mol. The molecule has 8 heteroatoms. The Morgan fingerprint density at radius 3 is 2.46 bits per heavy atom. The van der Waals surface area contributed by atoms with Crippen molar-refractivity contribution in [3.8, 4) is 11.5 Å². The van der Waals surface area contributed by atoms with E-state index in [2.05, 4.69) is 11.9 Å². The molecule has 0 saturated heterocycles. The molecule has 1 N–H and O–H groups in total. The summed E-state index contributed by atoms with van der Waals surface area (Å²) in [7, 11) is -3.67. The Kier molecular flexibility index (Phi) is 7.45. The number of nitrogens with one attached hydrogen (secondary N) is 1. The van der Waals surface area contributed by atoms with Gasteiger partial charge in [0.05, 0.1) is 18.6 Å². The van der Waals surface area contributed by atoms with Gasteiger partial charge in [-0.15, -0.1) is 0 Å². The molecule has 0 aliphatic rings. The molecule has 7 nitrogen and oxygen atoms in total. The van der Waals surface area contributed by atoms with Gasteiger partial charge in [-0.2, -0.15) is 0 Å². The first-order valence-corrected chi connectivity index (χ1v) is 10.5. The zero-order valence-electron chi connectivity index (χ0n) is 15.9. The number of benzene rings is 2. The zero-order valence-corrected chi connectivity index (χ0v) is 16.7. The van der Waals surface area contributed by atoms with Crippen molar-refractivity contribution in [2.24, 2.45) is 0 Å². The third-order valence-corrected chi connectivity index (χ3v) is 4.75. The van der Waals surface area contributed by atoms with Crippen LogP contribution in [0, 0.1) is 0 Å². The molecule has 0 atom stereocenters. The van der Waals surface area contributed by atoms with Gasteiger partial charge in [0.15, 0.2) is 0 Å². The summed E-state index contributed by atoms with van der Waals surface area (Å²) in [6, 6.07) is 13.4. The van der Waals surface area contributed by atoms with Gasteiger partial charge in [0, 0.05) is 11.8 Å². The molecule has 0 fully saturated rings. The average Bonchev–Trinajstić information content (AvgIpc) is 2.65. The number of amides is 1. The Labute approximate surface area is 165 Å². The van der Waals surface area contributed by atoms with E-state index in [9.17, 15) is 13.2 Å². The maximum atomic E-state index is 12.4. The van der Waals surface area contributed by atoms with Crippen molar-refractivity contribution in [2.45, 2.75) is 6.92 Å². The molecule has 0 aliphatic heterocycles. The van der Waals surface area contributed by atoms with Crippen LogP contribution < -0.4 is 19.1 Å². The molecule has 28 heavy (non-hydrogen) atoms. The van der Waals surface area contributed by atoms with Gasteiger partial charge in [-0.25, -0.2) is 8.42 Å². The van der Waals surface area contributed by atoms with Gasteiger partial charge in [-0.05, 0) is 43.3 Å². The van der Waals surface area contributed by atoms with Crippen LogP contribution in [-0.4, -0.2) is 40.3 Å². The van der Waals surface area contributed by atoms with Crippen LogP contribution in [0.2, 0.25) is 0 Å². The number of hydrogen-bond acceptors (Lipinski definition) is 5. The fourth-order valence-electron chi connectivity index (χ4n) is 2.42. The molecule has 0 saturated carbocycles. The summed E-state index contributed by atoms with van der Waals surface area (Å²) in [5.74, 6) is 0.708. The second-order valence-electron chi connectivity index (χ2n) is 5.87. The van der Waals surface area contributed by atoms with E-state index >= 15 is 0 Å². The van der Waals surface area contributed by atoms with Gasteiger partial charge in [0.1, 0.15) is 24.7 Å². The molecule has 0 heterocycles. The normalized spacial score (nSPS) is 10.8. The minimum absolute atomic E-state index is 0.358. The van der Waals surface area contributed by atoms with E-state index in [1.165, 1.54) is 0 Å². The van der Waals surface area contributed by atoms with E-state index in [0.717, 1.165) is 10.6 Å². The van der Waals surface area contributed by atoms with Gasteiger partial charge in [0.2, 0.25) is 15.9 Å². The van der Waals surface area contributed by atoms with Crippen molar-refractivity contribution >= 4 is 27.3 Å². The number of ether oxygens (including phenoxy) is 2. The van der Waals surface area contributed by atoms with E-state index in [1.54, 1.807) is 54.6 Å². The van der Waals surface area contributed by atoms with Crippen LogP contribution in [-0.2, 0) is 14.8 Å². The lowest BCUT2D eigenvalue weighted by molar-refractivity contribution is -0.114. The van der Waals surface area contributed by atoms with Crippen LogP contribution in [0.1, 0.15) is 6.92 Å². The van der Waals surface area contributed by atoms with Crippen molar-refractivity contribution in [1.29, 1.82) is 0 Å². The van der Waals surface area contributed by atoms with Gasteiger partial charge >= 0.3 is 0 Å². The van der Waals surface area contributed by atoms with Crippen LogP contribution in [0.25, 0.3) is 0 Å². The Morgan fingerprint density at radius 1 is 1.14 bits per heavy atom. The van der Waals surface area contributed by atoms with Gasteiger partial charge in [0.25, 0.3) is 0 Å². The third-order valence-electron chi connectivity index (χ3n) is 3.61.